The van der Waals surface area contributed by atoms with Crippen LogP contribution in [-0.2, 0) is 13.0 Å². The van der Waals surface area contributed by atoms with Gasteiger partial charge in [0.05, 0.1) is 5.38 Å². The van der Waals surface area contributed by atoms with E-state index in [-0.39, 0.29) is 5.38 Å². The van der Waals surface area contributed by atoms with Crippen LogP contribution in [-0.4, -0.2) is 14.9 Å². The average Bonchev–Trinajstić information content (AvgIpc) is 2.78. The highest BCUT2D eigenvalue weighted by atomic mass is 35.5. The zero-order valence-corrected chi connectivity index (χ0v) is 9.87. The largest absolute Gasteiger partial charge is 0.335 e. The fourth-order valence-electron chi connectivity index (χ4n) is 2.05. The van der Waals surface area contributed by atoms with E-state index in [4.69, 9.17) is 11.6 Å². The summed E-state index contributed by atoms with van der Waals surface area (Å²) < 4.78 is 2.24. The van der Waals surface area contributed by atoms with Crippen LogP contribution in [0.2, 0.25) is 0 Å². The molecule has 0 N–H and O–H groups in total. The van der Waals surface area contributed by atoms with Crippen LogP contribution in [0.5, 0.6) is 0 Å². The molecule has 0 saturated carbocycles. The normalized spacial score (nSPS) is 20.7. The molecular weight excluding hydrogens is 208 g/mol. The minimum Gasteiger partial charge on any atom is -0.335 e. The van der Waals surface area contributed by atoms with E-state index in [1.54, 1.807) is 0 Å². The summed E-state index contributed by atoms with van der Waals surface area (Å²) in [6.45, 7) is 3.25. The predicted molar refractivity (Wildman–Crippen MR) is 63.2 cm³/mol. The van der Waals surface area contributed by atoms with Crippen LogP contribution in [0.1, 0.15) is 32.0 Å². The number of rotatable bonds is 4. The summed E-state index contributed by atoms with van der Waals surface area (Å²) in [5.41, 5.74) is 1.44. The SMILES string of the molecule is CCCn1ccnc1CC1=CC(Cl)CC1. The monoisotopic (exact) mass is 224 g/mol. The van der Waals surface area contributed by atoms with Gasteiger partial charge in [0, 0.05) is 25.4 Å². The molecule has 3 heteroatoms. The first kappa shape index (κ1) is 10.7. The fraction of sp³-hybridized carbons (Fsp3) is 0.583. The van der Waals surface area contributed by atoms with E-state index >= 15 is 0 Å². The quantitative estimate of drug-likeness (QED) is 0.568. The van der Waals surface area contributed by atoms with E-state index < -0.39 is 0 Å². The third-order valence-electron chi connectivity index (χ3n) is 2.81. The van der Waals surface area contributed by atoms with Gasteiger partial charge >= 0.3 is 0 Å². The Morgan fingerprint density at radius 2 is 2.47 bits per heavy atom. The number of alkyl halides is 1. The van der Waals surface area contributed by atoms with E-state index in [9.17, 15) is 0 Å². The highest BCUT2D eigenvalue weighted by Gasteiger charge is 2.14. The van der Waals surface area contributed by atoms with Gasteiger partial charge in [-0.2, -0.15) is 0 Å². The van der Waals surface area contributed by atoms with Gasteiger partial charge in [0.2, 0.25) is 0 Å². The second-order valence-corrected chi connectivity index (χ2v) is 4.65. The van der Waals surface area contributed by atoms with Gasteiger partial charge in [-0.15, -0.1) is 11.6 Å². The lowest BCUT2D eigenvalue weighted by atomic mass is 10.1. The van der Waals surface area contributed by atoms with Crippen molar-refractivity contribution in [1.29, 1.82) is 0 Å². The summed E-state index contributed by atoms with van der Waals surface area (Å²) in [5, 5.41) is 0.245. The van der Waals surface area contributed by atoms with Gasteiger partial charge in [0.25, 0.3) is 0 Å². The lowest BCUT2D eigenvalue weighted by molar-refractivity contribution is 0.643. The Labute approximate surface area is 96.0 Å². The lowest BCUT2D eigenvalue weighted by Crippen LogP contribution is -2.03. The van der Waals surface area contributed by atoms with E-state index in [0.29, 0.717) is 0 Å². The van der Waals surface area contributed by atoms with Crippen molar-refractivity contribution in [1.82, 2.24) is 9.55 Å². The van der Waals surface area contributed by atoms with Crippen molar-refractivity contribution in [3.05, 3.63) is 29.9 Å². The van der Waals surface area contributed by atoms with Crippen LogP contribution < -0.4 is 0 Å². The number of nitrogens with zero attached hydrogens (tertiary/aromatic N) is 2. The molecule has 0 radical (unpaired) electrons. The summed E-state index contributed by atoms with van der Waals surface area (Å²) in [7, 11) is 0. The molecule has 1 aromatic rings. The number of halogens is 1. The summed E-state index contributed by atoms with van der Waals surface area (Å²) in [6.07, 6.45) is 10.5. The molecule has 0 aliphatic heterocycles. The van der Waals surface area contributed by atoms with Crippen LogP contribution in [0.25, 0.3) is 0 Å². The van der Waals surface area contributed by atoms with Crippen LogP contribution in [0, 0.1) is 0 Å². The zero-order valence-electron chi connectivity index (χ0n) is 9.12. The van der Waals surface area contributed by atoms with Gasteiger partial charge < -0.3 is 4.57 Å². The summed E-state index contributed by atoms with van der Waals surface area (Å²) in [5.74, 6) is 1.17. The topological polar surface area (TPSA) is 17.8 Å². The van der Waals surface area contributed by atoms with Gasteiger partial charge in [0.1, 0.15) is 5.82 Å². The third kappa shape index (κ3) is 2.63. The lowest BCUT2D eigenvalue weighted by Gasteiger charge is -2.06. The number of hydrogen-bond acceptors (Lipinski definition) is 1. The molecule has 0 spiro atoms. The van der Waals surface area contributed by atoms with Crippen molar-refractivity contribution in [2.24, 2.45) is 0 Å². The van der Waals surface area contributed by atoms with E-state index in [0.717, 1.165) is 32.2 Å². The molecule has 0 bridgehead atoms. The molecule has 0 aromatic carbocycles. The number of aromatic nitrogens is 2. The van der Waals surface area contributed by atoms with Crippen molar-refractivity contribution < 1.29 is 0 Å². The molecular formula is C12H17ClN2. The van der Waals surface area contributed by atoms with E-state index in [2.05, 4.69) is 28.7 Å². The summed E-state index contributed by atoms with van der Waals surface area (Å²) in [4.78, 5) is 4.40. The van der Waals surface area contributed by atoms with Crippen LogP contribution in [0.3, 0.4) is 0 Å². The smallest absolute Gasteiger partial charge is 0.112 e. The molecule has 82 valence electrons. The Balaban J connectivity index is 2.04. The van der Waals surface area contributed by atoms with Crippen molar-refractivity contribution in [3.63, 3.8) is 0 Å². The molecule has 2 rings (SSSR count). The maximum Gasteiger partial charge on any atom is 0.112 e. The molecule has 0 saturated heterocycles. The highest BCUT2D eigenvalue weighted by molar-refractivity contribution is 6.22. The number of hydrogen-bond donors (Lipinski definition) is 0. The first-order chi connectivity index (χ1) is 7.29. The Morgan fingerprint density at radius 1 is 1.60 bits per heavy atom. The van der Waals surface area contributed by atoms with Gasteiger partial charge in [-0.05, 0) is 19.3 Å². The zero-order chi connectivity index (χ0) is 10.7. The molecule has 1 aliphatic rings. The Kier molecular flexibility index (Phi) is 3.47. The molecule has 1 heterocycles. The molecule has 1 unspecified atom stereocenters. The number of imidazole rings is 1. The molecule has 15 heavy (non-hydrogen) atoms. The average molecular weight is 225 g/mol. The summed E-state index contributed by atoms with van der Waals surface area (Å²) in [6, 6.07) is 0. The van der Waals surface area contributed by atoms with E-state index in [1.807, 2.05) is 6.20 Å². The van der Waals surface area contributed by atoms with Crippen molar-refractivity contribution in [2.45, 2.75) is 44.5 Å². The molecule has 1 atom stereocenters. The maximum atomic E-state index is 6.04. The maximum absolute atomic E-state index is 6.04. The second-order valence-electron chi connectivity index (χ2n) is 4.09. The van der Waals surface area contributed by atoms with Crippen LogP contribution in [0.15, 0.2) is 24.0 Å². The standard InChI is InChI=1S/C12H17ClN2/c1-2-6-15-7-5-14-12(15)9-10-3-4-11(13)8-10/h5,7-8,11H,2-4,6,9H2,1H3. The van der Waals surface area contributed by atoms with Crippen LogP contribution in [0.4, 0.5) is 0 Å². The summed E-state index contributed by atoms with van der Waals surface area (Å²) >= 11 is 6.04. The molecule has 0 fully saturated rings. The Hall–Kier alpha value is -0.760. The predicted octanol–water partition coefficient (Wildman–Crippen LogP) is 3.16. The Morgan fingerprint density at radius 3 is 3.13 bits per heavy atom. The fourth-order valence-corrected chi connectivity index (χ4v) is 2.34. The highest BCUT2D eigenvalue weighted by Crippen LogP contribution is 2.25. The first-order valence-corrected chi connectivity index (χ1v) is 6.07. The molecule has 2 nitrogen and oxygen atoms in total. The molecule has 0 amide bonds. The van der Waals surface area contributed by atoms with Gasteiger partial charge in [0.15, 0.2) is 0 Å². The Bertz CT molecular complexity index is 354. The minimum atomic E-state index is 0.245. The number of aryl methyl sites for hydroxylation is 1. The van der Waals surface area contributed by atoms with Crippen LogP contribution >= 0.6 is 11.6 Å². The van der Waals surface area contributed by atoms with Crippen molar-refractivity contribution >= 4 is 11.6 Å². The minimum absolute atomic E-state index is 0.245. The number of allylic oxidation sites excluding steroid dienone is 2. The van der Waals surface area contributed by atoms with Gasteiger partial charge in [-0.1, -0.05) is 18.6 Å². The second kappa shape index (κ2) is 4.84. The first-order valence-electron chi connectivity index (χ1n) is 5.63. The van der Waals surface area contributed by atoms with Gasteiger partial charge in [-0.25, -0.2) is 4.98 Å². The molecule has 1 aliphatic carbocycles. The van der Waals surface area contributed by atoms with Crippen molar-refractivity contribution in [3.8, 4) is 0 Å². The van der Waals surface area contributed by atoms with Crippen molar-refractivity contribution in [2.75, 3.05) is 0 Å². The molecule has 1 aromatic heterocycles. The third-order valence-corrected chi connectivity index (χ3v) is 3.15. The van der Waals surface area contributed by atoms with Gasteiger partial charge in [-0.3, -0.25) is 0 Å². The van der Waals surface area contributed by atoms with E-state index in [1.165, 1.54) is 11.4 Å².